The normalized spacial score (nSPS) is 17.6. The van der Waals surface area contributed by atoms with Crippen molar-refractivity contribution in [1.29, 1.82) is 0 Å². The van der Waals surface area contributed by atoms with Crippen LogP contribution < -0.4 is 10.2 Å². The fourth-order valence-corrected chi connectivity index (χ4v) is 4.74. The van der Waals surface area contributed by atoms with Gasteiger partial charge in [-0.1, -0.05) is 78.9 Å². The average molecular weight is 455 g/mol. The van der Waals surface area contributed by atoms with Gasteiger partial charge in [-0.25, -0.2) is 4.79 Å². The van der Waals surface area contributed by atoms with Gasteiger partial charge in [0.15, 0.2) is 5.54 Å². The molecular formula is C27H26N4O3. The highest BCUT2D eigenvalue weighted by atomic mass is 16.2. The molecule has 0 radical (unpaired) electrons. The number of carbonyl (C=O) groups is 3. The standard InChI is InChI=1S/C27H26N4O3/c32-24(30-18-16-29(17-19-30)23-14-8-3-9-15-23)20-31-25(33)27(28-26(31)34,21-10-4-1-5-11-21)22-12-6-2-7-13-22/h1-15H,16-20H2,(H,28,34). The molecule has 2 saturated heterocycles. The number of para-hydroxylation sites is 1. The van der Waals surface area contributed by atoms with E-state index in [9.17, 15) is 14.4 Å². The van der Waals surface area contributed by atoms with E-state index >= 15 is 0 Å². The zero-order valence-electron chi connectivity index (χ0n) is 18.8. The molecular weight excluding hydrogens is 428 g/mol. The first kappa shape index (κ1) is 21.7. The smallest absolute Gasteiger partial charge is 0.326 e. The molecule has 0 bridgehead atoms. The van der Waals surface area contributed by atoms with Crippen molar-refractivity contribution in [3.05, 3.63) is 102 Å². The molecule has 2 fully saturated rings. The van der Waals surface area contributed by atoms with E-state index < -0.39 is 17.5 Å². The van der Waals surface area contributed by atoms with Crippen LogP contribution in [0.1, 0.15) is 11.1 Å². The molecule has 2 aliphatic rings. The predicted molar refractivity (Wildman–Crippen MR) is 129 cm³/mol. The summed E-state index contributed by atoms with van der Waals surface area (Å²) in [5.74, 6) is -0.667. The molecule has 0 spiro atoms. The molecule has 0 atom stereocenters. The Morgan fingerprint density at radius 1 is 0.735 bits per heavy atom. The number of benzene rings is 3. The highest BCUT2D eigenvalue weighted by Gasteiger charge is 2.54. The van der Waals surface area contributed by atoms with Crippen LogP contribution in [0.15, 0.2) is 91.0 Å². The lowest BCUT2D eigenvalue weighted by molar-refractivity contribution is -0.138. The van der Waals surface area contributed by atoms with E-state index in [-0.39, 0.29) is 12.5 Å². The molecule has 0 saturated carbocycles. The first-order valence-electron chi connectivity index (χ1n) is 11.4. The monoisotopic (exact) mass is 454 g/mol. The molecule has 2 aliphatic heterocycles. The maximum Gasteiger partial charge on any atom is 0.326 e. The highest BCUT2D eigenvalue weighted by Crippen LogP contribution is 2.36. The van der Waals surface area contributed by atoms with Crippen molar-refractivity contribution in [3.8, 4) is 0 Å². The van der Waals surface area contributed by atoms with Gasteiger partial charge >= 0.3 is 6.03 Å². The first-order chi connectivity index (χ1) is 16.6. The van der Waals surface area contributed by atoms with E-state index in [1.165, 1.54) is 0 Å². The third-order valence-corrected chi connectivity index (χ3v) is 6.57. The minimum Gasteiger partial charge on any atom is -0.368 e. The highest BCUT2D eigenvalue weighted by molar-refractivity contribution is 6.11. The maximum absolute atomic E-state index is 13.8. The number of piperazine rings is 1. The topological polar surface area (TPSA) is 73.0 Å². The van der Waals surface area contributed by atoms with E-state index in [0.717, 1.165) is 10.6 Å². The van der Waals surface area contributed by atoms with Gasteiger partial charge in [0.25, 0.3) is 5.91 Å². The largest absolute Gasteiger partial charge is 0.368 e. The van der Waals surface area contributed by atoms with Crippen molar-refractivity contribution >= 4 is 23.5 Å². The van der Waals surface area contributed by atoms with Gasteiger partial charge in [0.1, 0.15) is 6.54 Å². The lowest BCUT2D eigenvalue weighted by Gasteiger charge is -2.36. The van der Waals surface area contributed by atoms with Gasteiger partial charge in [-0.15, -0.1) is 0 Å². The zero-order valence-corrected chi connectivity index (χ0v) is 18.8. The second-order valence-electron chi connectivity index (χ2n) is 8.51. The fraction of sp³-hybridized carbons (Fsp3) is 0.222. The molecule has 0 aliphatic carbocycles. The summed E-state index contributed by atoms with van der Waals surface area (Å²) >= 11 is 0. The number of rotatable bonds is 5. The van der Waals surface area contributed by atoms with Crippen molar-refractivity contribution in [2.45, 2.75) is 5.54 Å². The fourth-order valence-electron chi connectivity index (χ4n) is 4.74. The second-order valence-corrected chi connectivity index (χ2v) is 8.51. The summed E-state index contributed by atoms with van der Waals surface area (Å²) in [6.45, 7) is 2.21. The van der Waals surface area contributed by atoms with E-state index in [1.807, 2.05) is 78.9 Å². The molecule has 0 aromatic heterocycles. The summed E-state index contributed by atoms with van der Waals surface area (Å²) in [4.78, 5) is 44.9. The van der Waals surface area contributed by atoms with Gasteiger partial charge in [-0.05, 0) is 23.3 Å². The van der Waals surface area contributed by atoms with E-state index in [4.69, 9.17) is 0 Å². The van der Waals surface area contributed by atoms with Crippen LogP contribution in [0.4, 0.5) is 10.5 Å². The van der Waals surface area contributed by atoms with Crippen LogP contribution in [0.5, 0.6) is 0 Å². The molecule has 7 nitrogen and oxygen atoms in total. The van der Waals surface area contributed by atoms with Gasteiger partial charge in [0.05, 0.1) is 0 Å². The number of amides is 4. The Balaban J connectivity index is 1.34. The SMILES string of the molecule is O=C(CN1C(=O)NC(c2ccccc2)(c2ccccc2)C1=O)N1CCN(c2ccccc2)CC1. The second kappa shape index (κ2) is 9.02. The summed E-state index contributed by atoms with van der Waals surface area (Å²) in [6.07, 6.45) is 0. The number of carbonyl (C=O) groups excluding carboxylic acids is 3. The van der Waals surface area contributed by atoms with Gasteiger partial charge in [0.2, 0.25) is 5.91 Å². The summed E-state index contributed by atoms with van der Waals surface area (Å²) in [5.41, 5.74) is 1.09. The summed E-state index contributed by atoms with van der Waals surface area (Å²) < 4.78 is 0. The summed E-state index contributed by atoms with van der Waals surface area (Å²) in [6, 6.07) is 27.8. The predicted octanol–water partition coefficient (Wildman–Crippen LogP) is 2.83. The van der Waals surface area contributed by atoms with E-state index in [1.54, 1.807) is 4.90 Å². The Morgan fingerprint density at radius 2 is 1.24 bits per heavy atom. The Bertz CT molecular complexity index is 1140. The third-order valence-electron chi connectivity index (χ3n) is 6.57. The van der Waals surface area contributed by atoms with Crippen molar-refractivity contribution in [1.82, 2.24) is 15.1 Å². The third kappa shape index (κ3) is 3.79. The Morgan fingerprint density at radius 3 is 1.76 bits per heavy atom. The molecule has 5 rings (SSSR count). The van der Waals surface area contributed by atoms with Gasteiger partial charge in [-0.3, -0.25) is 14.5 Å². The minimum atomic E-state index is -1.36. The van der Waals surface area contributed by atoms with Crippen LogP contribution in [0.3, 0.4) is 0 Å². The number of imide groups is 1. The molecule has 34 heavy (non-hydrogen) atoms. The Hall–Kier alpha value is -4.13. The molecule has 172 valence electrons. The Labute approximate surface area is 198 Å². The zero-order chi connectivity index (χ0) is 23.5. The quantitative estimate of drug-likeness (QED) is 0.602. The van der Waals surface area contributed by atoms with Crippen LogP contribution in [0.25, 0.3) is 0 Å². The molecule has 3 aromatic rings. The Kier molecular flexibility index (Phi) is 5.76. The number of hydrogen-bond donors (Lipinski definition) is 1. The van der Waals surface area contributed by atoms with Crippen LogP contribution in [0, 0.1) is 0 Å². The van der Waals surface area contributed by atoms with Crippen molar-refractivity contribution < 1.29 is 14.4 Å². The van der Waals surface area contributed by atoms with Crippen molar-refractivity contribution in [3.63, 3.8) is 0 Å². The van der Waals surface area contributed by atoms with Crippen LogP contribution in [-0.2, 0) is 15.1 Å². The number of nitrogens with one attached hydrogen (secondary N) is 1. The minimum absolute atomic E-state index is 0.229. The molecule has 3 aromatic carbocycles. The average Bonchev–Trinajstić information content (AvgIpc) is 3.16. The van der Waals surface area contributed by atoms with Crippen LogP contribution >= 0.6 is 0 Å². The van der Waals surface area contributed by atoms with Crippen molar-refractivity contribution in [2.24, 2.45) is 0 Å². The lowest BCUT2D eigenvalue weighted by atomic mass is 9.82. The van der Waals surface area contributed by atoms with E-state index in [0.29, 0.717) is 37.3 Å². The van der Waals surface area contributed by atoms with Gasteiger partial charge < -0.3 is 15.1 Å². The molecule has 0 unspecified atom stereocenters. The van der Waals surface area contributed by atoms with Gasteiger partial charge in [0, 0.05) is 31.9 Å². The number of anilines is 1. The van der Waals surface area contributed by atoms with E-state index in [2.05, 4.69) is 22.3 Å². The summed E-state index contributed by atoms with van der Waals surface area (Å²) in [5, 5.41) is 2.90. The van der Waals surface area contributed by atoms with Crippen molar-refractivity contribution in [2.75, 3.05) is 37.6 Å². The molecule has 1 N–H and O–H groups in total. The maximum atomic E-state index is 13.8. The molecule has 4 amide bonds. The number of nitrogens with zero attached hydrogens (tertiary/aromatic N) is 3. The first-order valence-corrected chi connectivity index (χ1v) is 11.4. The van der Waals surface area contributed by atoms with Crippen LogP contribution in [0.2, 0.25) is 0 Å². The van der Waals surface area contributed by atoms with Crippen LogP contribution in [-0.4, -0.2) is 60.4 Å². The molecule has 7 heteroatoms. The number of hydrogen-bond acceptors (Lipinski definition) is 4. The lowest BCUT2D eigenvalue weighted by Crippen LogP contribution is -2.52. The van der Waals surface area contributed by atoms with Gasteiger partial charge in [-0.2, -0.15) is 0 Å². The summed E-state index contributed by atoms with van der Waals surface area (Å²) in [7, 11) is 0. The molecule has 2 heterocycles. The number of urea groups is 1.